The number of H-pyrrole nitrogens is 1. The number of nitrogens with zero attached hydrogens (tertiary/aromatic N) is 1. The van der Waals surface area contributed by atoms with Crippen molar-refractivity contribution >= 4 is 10.9 Å². The van der Waals surface area contributed by atoms with Gasteiger partial charge >= 0.3 is 0 Å². The molecule has 2 heterocycles. The minimum atomic E-state index is 1.00. The lowest BCUT2D eigenvalue weighted by atomic mass is 10.1. The lowest BCUT2D eigenvalue weighted by molar-refractivity contribution is 0.224. The number of aromatic nitrogens is 1. The highest BCUT2D eigenvalue weighted by Gasteiger charge is 2.08. The van der Waals surface area contributed by atoms with Crippen LogP contribution in [0.3, 0.4) is 0 Å². The maximum atomic E-state index is 3.54. The largest absolute Gasteiger partial charge is 0.361 e. The summed E-state index contributed by atoms with van der Waals surface area (Å²) in [6.07, 6.45) is 3.22. The predicted molar refractivity (Wildman–Crippen MR) is 79.3 cm³/mol. The van der Waals surface area contributed by atoms with Gasteiger partial charge in [0.1, 0.15) is 0 Å². The normalized spacial score (nSPS) is 17.1. The molecular weight excluding hydrogens is 236 g/mol. The molecule has 1 aromatic heterocycles. The van der Waals surface area contributed by atoms with Crippen LogP contribution in [0, 0.1) is 0 Å². The Morgan fingerprint density at radius 3 is 2.89 bits per heavy atom. The highest BCUT2D eigenvalue weighted by molar-refractivity contribution is 5.83. The molecule has 4 heteroatoms. The van der Waals surface area contributed by atoms with Crippen LogP contribution in [0.15, 0.2) is 30.5 Å². The Hall–Kier alpha value is -1.36. The fraction of sp³-hybridized carbons (Fsp3) is 0.467. The molecule has 1 fully saturated rings. The van der Waals surface area contributed by atoms with Crippen molar-refractivity contribution in [2.24, 2.45) is 0 Å². The third-order valence-electron chi connectivity index (χ3n) is 3.79. The van der Waals surface area contributed by atoms with Gasteiger partial charge in [-0.25, -0.2) is 0 Å². The van der Waals surface area contributed by atoms with Gasteiger partial charge in [0, 0.05) is 56.5 Å². The van der Waals surface area contributed by atoms with E-state index in [9.17, 15) is 0 Å². The van der Waals surface area contributed by atoms with Gasteiger partial charge in [0.05, 0.1) is 0 Å². The predicted octanol–water partition coefficient (Wildman–Crippen LogP) is 1.16. The van der Waals surface area contributed by atoms with Crippen LogP contribution < -0.4 is 10.6 Å². The zero-order valence-corrected chi connectivity index (χ0v) is 11.3. The molecule has 19 heavy (non-hydrogen) atoms. The molecule has 0 unspecified atom stereocenters. The van der Waals surface area contributed by atoms with E-state index in [1.165, 1.54) is 16.5 Å². The molecule has 102 valence electrons. The molecular formula is C15H22N4. The van der Waals surface area contributed by atoms with Crippen LogP contribution in [0.4, 0.5) is 0 Å². The average Bonchev–Trinajstić information content (AvgIpc) is 2.88. The highest BCUT2D eigenvalue weighted by atomic mass is 15.2. The van der Waals surface area contributed by atoms with E-state index in [1.807, 2.05) is 0 Å². The summed E-state index contributed by atoms with van der Waals surface area (Å²) in [5.74, 6) is 0. The second-order valence-corrected chi connectivity index (χ2v) is 5.14. The molecule has 0 spiro atoms. The number of benzene rings is 1. The van der Waals surface area contributed by atoms with E-state index in [1.54, 1.807) is 0 Å². The monoisotopic (exact) mass is 258 g/mol. The summed E-state index contributed by atoms with van der Waals surface area (Å²) in [7, 11) is 0. The number of fused-ring (bicyclic) bond motifs is 1. The highest BCUT2D eigenvalue weighted by Crippen LogP contribution is 2.17. The lowest BCUT2D eigenvalue weighted by Crippen LogP contribution is -2.47. The second kappa shape index (κ2) is 6.19. The van der Waals surface area contributed by atoms with Crippen LogP contribution >= 0.6 is 0 Å². The van der Waals surface area contributed by atoms with Crippen LogP contribution in [0.2, 0.25) is 0 Å². The topological polar surface area (TPSA) is 43.1 Å². The molecule has 4 nitrogen and oxygen atoms in total. The van der Waals surface area contributed by atoms with E-state index >= 15 is 0 Å². The maximum Gasteiger partial charge on any atom is 0.0481 e. The minimum absolute atomic E-state index is 1.00. The first-order chi connectivity index (χ1) is 9.43. The smallest absolute Gasteiger partial charge is 0.0481 e. The molecule has 0 radical (unpaired) electrons. The fourth-order valence-electron chi connectivity index (χ4n) is 2.67. The maximum absolute atomic E-state index is 3.54. The summed E-state index contributed by atoms with van der Waals surface area (Å²) in [5, 5.41) is 8.27. The van der Waals surface area contributed by atoms with E-state index in [0.717, 1.165) is 45.8 Å². The molecule has 1 saturated heterocycles. The van der Waals surface area contributed by atoms with Crippen molar-refractivity contribution in [3.63, 3.8) is 0 Å². The number of para-hydroxylation sites is 1. The first kappa shape index (κ1) is 12.7. The van der Waals surface area contributed by atoms with Gasteiger partial charge in [-0.15, -0.1) is 0 Å². The Bertz CT molecular complexity index is 514. The van der Waals surface area contributed by atoms with Crippen LogP contribution in [-0.2, 0) is 6.42 Å². The van der Waals surface area contributed by atoms with Crippen LogP contribution in [0.25, 0.3) is 10.9 Å². The zero-order chi connectivity index (χ0) is 12.9. The first-order valence-corrected chi connectivity index (χ1v) is 7.12. The number of nitrogens with one attached hydrogen (secondary N) is 3. The van der Waals surface area contributed by atoms with Gasteiger partial charge in [-0.05, 0) is 18.1 Å². The summed E-state index contributed by atoms with van der Waals surface area (Å²) in [5.41, 5.74) is 2.64. The molecule has 2 aromatic rings. The number of hydrogen-bond acceptors (Lipinski definition) is 3. The molecule has 1 aliphatic heterocycles. The third-order valence-corrected chi connectivity index (χ3v) is 3.79. The Morgan fingerprint density at radius 2 is 2.00 bits per heavy atom. The Labute approximate surface area is 114 Å². The second-order valence-electron chi connectivity index (χ2n) is 5.14. The van der Waals surface area contributed by atoms with Crippen molar-refractivity contribution in [1.29, 1.82) is 0 Å². The molecule has 0 amide bonds. The fourth-order valence-corrected chi connectivity index (χ4v) is 2.67. The van der Waals surface area contributed by atoms with Gasteiger partial charge in [-0.1, -0.05) is 18.2 Å². The van der Waals surface area contributed by atoms with Crippen molar-refractivity contribution < 1.29 is 0 Å². The van der Waals surface area contributed by atoms with Gasteiger partial charge < -0.3 is 15.6 Å². The summed E-state index contributed by atoms with van der Waals surface area (Å²) in [6.45, 7) is 6.57. The Balaban J connectivity index is 1.47. The number of rotatable bonds is 5. The van der Waals surface area contributed by atoms with Crippen molar-refractivity contribution in [2.45, 2.75) is 6.42 Å². The molecule has 3 N–H and O–H groups in total. The quantitative estimate of drug-likeness (QED) is 0.705. The molecule has 1 aromatic carbocycles. The van der Waals surface area contributed by atoms with E-state index < -0.39 is 0 Å². The number of piperazine rings is 1. The summed E-state index contributed by atoms with van der Waals surface area (Å²) < 4.78 is 0. The molecule has 0 bridgehead atoms. The van der Waals surface area contributed by atoms with Gasteiger partial charge in [-0.3, -0.25) is 4.90 Å². The van der Waals surface area contributed by atoms with E-state index in [2.05, 4.69) is 51.0 Å². The van der Waals surface area contributed by atoms with Crippen molar-refractivity contribution in [3.8, 4) is 0 Å². The molecule has 0 aliphatic carbocycles. The van der Waals surface area contributed by atoms with E-state index in [4.69, 9.17) is 0 Å². The SMILES string of the molecule is c1ccc2c(CCNCN3CCNCC3)c[nH]c2c1. The van der Waals surface area contributed by atoms with Gasteiger partial charge in [0.25, 0.3) is 0 Å². The molecule has 0 atom stereocenters. The third kappa shape index (κ3) is 3.15. The van der Waals surface area contributed by atoms with Crippen LogP contribution in [0.1, 0.15) is 5.56 Å². The molecule has 3 rings (SSSR count). The average molecular weight is 258 g/mol. The van der Waals surface area contributed by atoms with Crippen LogP contribution in [-0.4, -0.2) is 49.3 Å². The standard InChI is InChI=1S/C15H22N4/c1-2-4-15-14(3-1)13(11-18-15)5-6-17-12-19-9-7-16-8-10-19/h1-4,11,16-18H,5-10,12H2. The van der Waals surface area contributed by atoms with Crippen molar-refractivity contribution in [3.05, 3.63) is 36.0 Å². The molecule has 0 saturated carbocycles. The lowest BCUT2D eigenvalue weighted by Gasteiger charge is -2.27. The van der Waals surface area contributed by atoms with Crippen molar-refractivity contribution in [2.75, 3.05) is 39.4 Å². The number of hydrogen-bond donors (Lipinski definition) is 3. The van der Waals surface area contributed by atoms with E-state index in [-0.39, 0.29) is 0 Å². The Kier molecular flexibility index (Phi) is 4.13. The van der Waals surface area contributed by atoms with Gasteiger partial charge in [0.15, 0.2) is 0 Å². The summed E-state index contributed by atoms with van der Waals surface area (Å²) in [4.78, 5) is 5.80. The van der Waals surface area contributed by atoms with Gasteiger partial charge in [0.2, 0.25) is 0 Å². The van der Waals surface area contributed by atoms with Crippen LogP contribution in [0.5, 0.6) is 0 Å². The summed E-state index contributed by atoms with van der Waals surface area (Å²) in [6, 6.07) is 8.50. The number of aromatic amines is 1. The van der Waals surface area contributed by atoms with E-state index in [0.29, 0.717) is 0 Å². The summed E-state index contributed by atoms with van der Waals surface area (Å²) >= 11 is 0. The Morgan fingerprint density at radius 1 is 1.16 bits per heavy atom. The first-order valence-electron chi connectivity index (χ1n) is 7.12. The van der Waals surface area contributed by atoms with Crippen molar-refractivity contribution in [1.82, 2.24) is 20.5 Å². The molecule has 1 aliphatic rings. The van der Waals surface area contributed by atoms with Gasteiger partial charge in [-0.2, -0.15) is 0 Å². The minimum Gasteiger partial charge on any atom is -0.361 e. The zero-order valence-electron chi connectivity index (χ0n) is 11.3.